The predicted octanol–water partition coefficient (Wildman–Crippen LogP) is 2.81. The number of halogens is 1. The van der Waals surface area contributed by atoms with Gasteiger partial charge in [0.25, 0.3) is 0 Å². The summed E-state index contributed by atoms with van der Waals surface area (Å²) in [5, 5.41) is 0. The van der Waals surface area contributed by atoms with Crippen LogP contribution in [0, 0.1) is 6.92 Å². The topological polar surface area (TPSA) is 44.5 Å². The van der Waals surface area contributed by atoms with Crippen molar-refractivity contribution in [2.75, 3.05) is 14.2 Å². The van der Waals surface area contributed by atoms with Gasteiger partial charge in [-0.1, -0.05) is 15.9 Å². The summed E-state index contributed by atoms with van der Waals surface area (Å²) in [7, 11) is 3.31. The molecule has 0 aromatic heterocycles. The lowest BCUT2D eigenvalue weighted by Crippen LogP contribution is -2.25. The summed E-state index contributed by atoms with van der Waals surface area (Å²) < 4.78 is 11.8. The van der Waals surface area contributed by atoms with Crippen molar-refractivity contribution in [3.63, 3.8) is 0 Å². The molecular formula is C13H18BrNO2. The van der Waals surface area contributed by atoms with E-state index < -0.39 is 0 Å². The summed E-state index contributed by atoms with van der Waals surface area (Å²) in [6.07, 6.45) is 3.10. The van der Waals surface area contributed by atoms with Crippen LogP contribution in [-0.2, 0) is 6.42 Å². The molecule has 3 nitrogen and oxygen atoms in total. The zero-order chi connectivity index (χ0) is 12.6. The highest BCUT2D eigenvalue weighted by Gasteiger charge is 2.39. The first-order valence-corrected chi connectivity index (χ1v) is 6.49. The Morgan fingerprint density at radius 3 is 2.47 bits per heavy atom. The van der Waals surface area contributed by atoms with Gasteiger partial charge in [0.1, 0.15) is 0 Å². The Kier molecular flexibility index (Phi) is 3.36. The fraction of sp³-hybridized carbons (Fsp3) is 0.538. The molecule has 2 rings (SSSR count). The predicted molar refractivity (Wildman–Crippen MR) is 71.8 cm³/mol. The highest BCUT2D eigenvalue weighted by molar-refractivity contribution is 9.10. The maximum atomic E-state index is 6.19. The van der Waals surface area contributed by atoms with E-state index in [1.165, 1.54) is 5.56 Å². The molecule has 94 valence electrons. The summed E-state index contributed by atoms with van der Waals surface area (Å²) in [5.41, 5.74) is 8.51. The number of hydrogen-bond acceptors (Lipinski definition) is 3. The highest BCUT2D eigenvalue weighted by Crippen LogP contribution is 2.43. The van der Waals surface area contributed by atoms with Crippen LogP contribution in [0.2, 0.25) is 0 Å². The van der Waals surface area contributed by atoms with Crippen LogP contribution in [0.3, 0.4) is 0 Å². The number of hydrogen-bond donors (Lipinski definition) is 1. The van der Waals surface area contributed by atoms with Gasteiger partial charge in [0.2, 0.25) is 0 Å². The molecule has 4 heteroatoms. The van der Waals surface area contributed by atoms with Crippen LogP contribution in [0.5, 0.6) is 11.5 Å². The van der Waals surface area contributed by atoms with Crippen LogP contribution in [0.4, 0.5) is 0 Å². The minimum absolute atomic E-state index is 0.00706. The Bertz CT molecular complexity index is 442. The summed E-state index contributed by atoms with van der Waals surface area (Å²) >= 11 is 3.59. The largest absolute Gasteiger partial charge is 0.493 e. The molecule has 1 fully saturated rings. The van der Waals surface area contributed by atoms with Gasteiger partial charge in [-0.05, 0) is 43.4 Å². The normalized spacial score (nSPS) is 16.8. The lowest BCUT2D eigenvalue weighted by molar-refractivity contribution is 0.352. The van der Waals surface area contributed by atoms with E-state index >= 15 is 0 Å². The first-order valence-electron chi connectivity index (χ1n) is 5.69. The average molecular weight is 300 g/mol. The van der Waals surface area contributed by atoms with Gasteiger partial charge in [-0.15, -0.1) is 0 Å². The zero-order valence-electron chi connectivity index (χ0n) is 10.5. The molecule has 1 aliphatic rings. The molecule has 0 heterocycles. The average Bonchev–Trinajstić information content (AvgIpc) is 3.02. The molecule has 2 N–H and O–H groups in total. The summed E-state index contributed by atoms with van der Waals surface area (Å²) in [6.45, 7) is 2.05. The molecule has 0 bridgehead atoms. The minimum atomic E-state index is -0.00706. The molecular weight excluding hydrogens is 282 g/mol. The number of nitrogens with two attached hydrogens (primary N) is 1. The van der Waals surface area contributed by atoms with Crippen LogP contribution in [-0.4, -0.2) is 19.8 Å². The number of methoxy groups -OCH3 is 2. The quantitative estimate of drug-likeness (QED) is 0.930. The fourth-order valence-electron chi connectivity index (χ4n) is 2.08. The van der Waals surface area contributed by atoms with E-state index in [0.717, 1.165) is 40.8 Å². The smallest absolute Gasteiger partial charge is 0.163 e. The molecule has 0 unspecified atom stereocenters. The molecule has 1 saturated carbocycles. The lowest BCUT2D eigenvalue weighted by Gasteiger charge is -2.18. The minimum Gasteiger partial charge on any atom is -0.493 e. The molecule has 1 aromatic carbocycles. The molecule has 1 aromatic rings. The van der Waals surface area contributed by atoms with E-state index in [9.17, 15) is 0 Å². The van der Waals surface area contributed by atoms with Crippen LogP contribution >= 0.6 is 15.9 Å². The second kappa shape index (κ2) is 4.50. The van der Waals surface area contributed by atoms with Crippen LogP contribution in [0.1, 0.15) is 24.0 Å². The van der Waals surface area contributed by atoms with Crippen molar-refractivity contribution >= 4 is 15.9 Å². The van der Waals surface area contributed by atoms with Gasteiger partial charge < -0.3 is 15.2 Å². The first-order chi connectivity index (χ1) is 8.00. The molecule has 0 saturated heterocycles. The van der Waals surface area contributed by atoms with Gasteiger partial charge in [0, 0.05) is 10.0 Å². The second-order valence-corrected chi connectivity index (χ2v) is 5.59. The van der Waals surface area contributed by atoms with E-state index in [0.29, 0.717) is 0 Å². The zero-order valence-corrected chi connectivity index (χ0v) is 12.1. The van der Waals surface area contributed by atoms with Gasteiger partial charge in [0.15, 0.2) is 11.5 Å². The van der Waals surface area contributed by atoms with Crippen molar-refractivity contribution < 1.29 is 9.47 Å². The lowest BCUT2D eigenvalue weighted by atomic mass is 9.99. The van der Waals surface area contributed by atoms with Crippen molar-refractivity contribution in [3.8, 4) is 11.5 Å². The van der Waals surface area contributed by atoms with Gasteiger partial charge in [-0.2, -0.15) is 0 Å². The van der Waals surface area contributed by atoms with Gasteiger partial charge >= 0.3 is 0 Å². The number of ether oxygens (including phenoxy) is 2. The molecule has 1 aliphatic carbocycles. The third-order valence-electron chi connectivity index (χ3n) is 3.41. The third kappa shape index (κ3) is 2.43. The summed E-state index contributed by atoms with van der Waals surface area (Å²) in [5.74, 6) is 1.55. The van der Waals surface area contributed by atoms with Crippen molar-refractivity contribution in [2.24, 2.45) is 5.73 Å². The van der Waals surface area contributed by atoms with Gasteiger partial charge in [-0.3, -0.25) is 0 Å². The van der Waals surface area contributed by atoms with Crippen molar-refractivity contribution in [1.29, 1.82) is 0 Å². The molecule has 0 spiro atoms. The van der Waals surface area contributed by atoms with E-state index in [1.807, 2.05) is 13.0 Å². The Balaban J connectivity index is 2.44. The SMILES string of the molecule is COc1cc(Br)c(CC2(N)CC2)c(C)c1OC. The maximum absolute atomic E-state index is 6.19. The fourth-order valence-corrected chi connectivity index (χ4v) is 2.73. The molecule has 17 heavy (non-hydrogen) atoms. The number of rotatable bonds is 4. The Hall–Kier alpha value is -0.740. The third-order valence-corrected chi connectivity index (χ3v) is 4.12. The maximum Gasteiger partial charge on any atom is 0.163 e. The van der Waals surface area contributed by atoms with Crippen molar-refractivity contribution in [1.82, 2.24) is 0 Å². The van der Waals surface area contributed by atoms with Crippen LogP contribution < -0.4 is 15.2 Å². The Morgan fingerprint density at radius 1 is 1.35 bits per heavy atom. The molecule has 0 atom stereocenters. The van der Waals surface area contributed by atoms with Crippen molar-refractivity contribution in [2.45, 2.75) is 31.7 Å². The molecule has 0 radical (unpaired) electrons. The Labute approximate surface area is 110 Å². The molecule has 0 aliphatic heterocycles. The molecule has 0 amide bonds. The van der Waals surface area contributed by atoms with Gasteiger partial charge in [0.05, 0.1) is 14.2 Å². The first kappa shape index (κ1) is 12.7. The van der Waals surface area contributed by atoms with Crippen LogP contribution in [0.25, 0.3) is 0 Å². The van der Waals surface area contributed by atoms with Crippen molar-refractivity contribution in [3.05, 3.63) is 21.7 Å². The summed E-state index contributed by atoms with van der Waals surface area (Å²) in [6, 6.07) is 1.95. The van der Waals surface area contributed by atoms with E-state index in [4.69, 9.17) is 15.2 Å². The van der Waals surface area contributed by atoms with E-state index in [1.54, 1.807) is 14.2 Å². The van der Waals surface area contributed by atoms with E-state index in [2.05, 4.69) is 15.9 Å². The Morgan fingerprint density at radius 2 is 2.00 bits per heavy atom. The van der Waals surface area contributed by atoms with Crippen LogP contribution in [0.15, 0.2) is 10.5 Å². The highest BCUT2D eigenvalue weighted by atomic mass is 79.9. The van der Waals surface area contributed by atoms with Gasteiger partial charge in [-0.25, -0.2) is 0 Å². The van der Waals surface area contributed by atoms with E-state index in [-0.39, 0.29) is 5.54 Å². The monoisotopic (exact) mass is 299 g/mol. The second-order valence-electron chi connectivity index (χ2n) is 4.74. The summed E-state index contributed by atoms with van der Waals surface area (Å²) in [4.78, 5) is 0. The number of benzene rings is 1. The standard InChI is InChI=1S/C13H18BrNO2/c1-8-9(7-13(15)4-5-13)10(14)6-11(16-2)12(8)17-3/h6H,4-5,7,15H2,1-3H3.